The number of carbonyl (C=O) groups is 3. The molecule has 0 saturated carbocycles. The molecule has 0 radical (unpaired) electrons. The van der Waals surface area contributed by atoms with E-state index in [2.05, 4.69) is 10.6 Å². The van der Waals surface area contributed by atoms with E-state index < -0.39 is 18.5 Å². The van der Waals surface area contributed by atoms with Gasteiger partial charge in [-0.25, -0.2) is 0 Å². The molecule has 26 heavy (non-hydrogen) atoms. The molecular formula is C19H20N2O5. The van der Waals surface area contributed by atoms with Crippen molar-refractivity contribution in [1.82, 2.24) is 5.32 Å². The molecule has 0 aliphatic rings. The summed E-state index contributed by atoms with van der Waals surface area (Å²) >= 11 is 0. The van der Waals surface area contributed by atoms with Crippen LogP contribution in [-0.4, -0.2) is 38.0 Å². The van der Waals surface area contributed by atoms with Gasteiger partial charge in [-0.15, -0.1) is 0 Å². The Kier molecular flexibility index (Phi) is 6.73. The fourth-order valence-corrected chi connectivity index (χ4v) is 2.14. The highest BCUT2D eigenvalue weighted by Gasteiger charge is 2.11. The number of rotatable bonds is 7. The monoisotopic (exact) mass is 356 g/mol. The third-order valence-electron chi connectivity index (χ3n) is 3.39. The number of carbonyl (C=O) groups excluding carboxylic acids is 3. The summed E-state index contributed by atoms with van der Waals surface area (Å²) in [6.45, 7) is 1.10. The lowest BCUT2D eigenvalue weighted by Crippen LogP contribution is -2.32. The number of esters is 1. The van der Waals surface area contributed by atoms with E-state index >= 15 is 0 Å². The van der Waals surface area contributed by atoms with E-state index in [0.29, 0.717) is 17.0 Å². The van der Waals surface area contributed by atoms with Crippen LogP contribution in [0.2, 0.25) is 0 Å². The second kappa shape index (κ2) is 9.22. The van der Waals surface area contributed by atoms with Gasteiger partial charge in [0.25, 0.3) is 11.8 Å². The van der Waals surface area contributed by atoms with Crippen LogP contribution in [-0.2, 0) is 14.3 Å². The van der Waals surface area contributed by atoms with E-state index in [4.69, 9.17) is 9.47 Å². The Morgan fingerprint density at radius 1 is 1.04 bits per heavy atom. The van der Waals surface area contributed by atoms with Crippen LogP contribution in [0, 0.1) is 6.92 Å². The first-order valence-corrected chi connectivity index (χ1v) is 7.92. The maximum absolute atomic E-state index is 11.9. The SMILES string of the molecule is COc1cccc(NC(=O)COC(=O)CNC(=O)c2cccc(C)c2)c1. The number of amides is 2. The Morgan fingerprint density at radius 2 is 1.81 bits per heavy atom. The minimum atomic E-state index is -0.702. The molecule has 0 aromatic heterocycles. The smallest absolute Gasteiger partial charge is 0.325 e. The number of ether oxygens (including phenoxy) is 2. The van der Waals surface area contributed by atoms with E-state index in [1.54, 1.807) is 42.5 Å². The average Bonchev–Trinajstić information content (AvgIpc) is 2.64. The predicted molar refractivity (Wildman–Crippen MR) is 96.1 cm³/mol. The molecule has 136 valence electrons. The standard InChI is InChI=1S/C19H20N2O5/c1-13-5-3-6-14(9-13)19(24)20-11-18(23)26-12-17(22)21-15-7-4-8-16(10-15)25-2/h3-10H,11-12H2,1-2H3,(H,20,24)(H,21,22). The molecule has 2 aromatic carbocycles. The Morgan fingerprint density at radius 3 is 2.54 bits per heavy atom. The highest BCUT2D eigenvalue weighted by molar-refractivity contribution is 5.96. The maximum atomic E-state index is 11.9. The van der Waals surface area contributed by atoms with Gasteiger partial charge in [-0.05, 0) is 31.2 Å². The van der Waals surface area contributed by atoms with Gasteiger partial charge in [-0.2, -0.15) is 0 Å². The molecule has 0 aliphatic heterocycles. The second-order valence-corrected chi connectivity index (χ2v) is 5.49. The van der Waals surface area contributed by atoms with E-state index in [9.17, 15) is 14.4 Å². The molecule has 7 nitrogen and oxygen atoms in total. The van der Waals surface area contributed by atoms with Gasteiger partial charge in [0.1, 0.15) is 12.3 Å². The summed E-state index contributed by atoms with van der Waals surface area (Å²) in [7, 11) is 1.52. The van der Waals surface area contributed by atoms with Gasteiger partial charge in [0.2, 0.25) is 0 Å². The van der Waals surface area contributed by atoms with Gasteiger partial charge < -0.3 is 20.1 Å². The van der Waals surface area contributed by atoms with Gasteiger partial charge in [-0.1, -0.05) is 23.8 Å². The molecular weight excluding hydrogens is 336 g/mol. The number of hydrogen-bond acceptors (Lipinski definition) is 5. The van der Waals surface area contributed by atoms with Crippen molar-refractivity contribution in [2.75, 3.05) is 25.6 Å². The Labute approximate surface area is 151 Å². The number of aryl methyl sites for hydroxylation is 1. The normalized spacial score (nSPS) is 9.92. The topological polar surface area (TPSA) is 93.7 Å². The first-order chi connectivity index (χ1) is 12.5. The van der Waals surface area contributed by atoms with Crippen LogP contribution in [0.1, 0.15) is 15.9 Å². The molecule has 0 saturated heterocycles. The van der Waals surface area contributed by atoms with Crippen LogP contribution in [0.3, 0.4) is 0 Å². The van der Waals surface area contributed by atoms with Gasteiger partial charge in [0.15, 0.2) is 6.61 Å². The van der Waals surface area contributed by atoms with Gasteiger partial charge in [-0.3, -0.25) is 14.4 Å². The summed E-state index contributed by atoms with van der Waals surface area (Å²) in [5, 5.41) is 5.04. The van der Waals surface area contributed by atoms with E-state index in [1.807, 2.05) is 13.0 Å². The fraction of sp³-hybridized carbons (Fsp3) is 0.211. The molecule has 2 amide bonds. The first kappa shape index (κ1) is 19.0. The molecule has 2 rings (SSSR count). The third-order valence-corrected chi connectivity index (χ3v) is 3.39. The lowest BCUT2D eigenvalue weighted by molar-refractivity contribution is -0.146. The van der Waals surface area contributed by atoms with E-state index in [0.717, 1.165) is 5.56 Å². The van der Waals surface area contributed by atoms with Crippen molar-refractivity contribution in [1.29, 1.82) is 0 Å². The molecule has 0 heterocycles. The van der Waals surface area contributed by atoms with Gasteiger partial charge in [0.05, 0.1) is 7.11 Å². The predicted octanol–water partition coefficient (Wildman–Crippen LogP) is 1.92. The van der Waals surface area contributed by atoms with Crippen LogP contribution in [0.25, 0.3) is 0 Å². The number of methoxy groups -OCH3 is 1. The molecule has 0 aliphatic carbocycles. The molecule has 0 fully saturated rings. The number of nitrogens with one attached hydrogen (secondary N) is 2. The van der Waals surface area contributed by atoms with Gasteiger partial charge in [0, 0.05) is 17.3 Å². The Balaban J connectivity index is 1.74. The largest absolute Gasteiger partial charge is 0.497 e. The molecule has 0 bridgehead atoms. The third kappa shape index (κ3) is 5.94. The maximum Gasteiger partial charge on any atom is 0.325 e. The number of anilines is 1. The second-order valence-electron chi connectivity index (χ2n) is 5.49. The highest BCUT2D eigenvalue weighted by atomic mass is 16.5. The summed E-state index contributed by atoms with van der Waals surface area (Å²) in [6.07, 6.45) is 0. The van der Waals surface area contributed by atoms with E-state index in [-0.39, 0.29) is 12.5 Å². The minimum absolute atomic E-state index is 0.320. The van der Waals surface area contributed by atoms with Crippen molar-refractivity contribution in [3.8, 4) is 5.75 Å². The molecule has 0 spiro atoms. The minimum Gasteiger partial charge on any atom is -0.497 e. The van der Waals surface area contributed by atoms with Crippen LogP contribution in [0.5, 0.6) is 5.75 Å². The Hall–Kier alpha value is -3.35. The van der Waals surface area contributed by atoms with Crippen molar-refractivity contribution in [2.45, 2.75) is 6.92 Å². The summed E-state index contributed by atoms with van der Waals surface area (Å²) < 4.78 is 9.90. The first-order valence-electron chi connectivity index (χ1n) is 7.92. The van der Waals surface area contributed by atoms with Crippen molar-refractivity contribution in [2.24, 2.45) is 0 Å². The van der Waals surface area contributed by atoms with Crippen molar-refractivity contribution in [3.05, 3.63) is 59.7 Å². The zero-order valence-electron chi connectivity index (χ0n) is 14.6. The van der Waals surface area contributed by atoms with Gasteiger partial charge >= 0.3 is 5.97 Å². The highest BCUT2D eigenvalue weighted by Crippen LogP contribution is 2.16. The van der Waals surface area contributed by atoms with Crippen LogP contribution in [0.15, 0.2) is 48.5 Å². The molecule has 7 heteroatoms. The van der Waals surface area contributed by atoms with Crippen molar-refractivity contribution >= 4 is 23.5 Å². The lowest BCUT2D eigenvalue weighted by Gasteiger charge is -2.08. The van der Waals surface area contributed by atoms with Crippen molar-refractivity contribution < 1.29 is 23.9 Å². The summed E-state index contributed by atoms with van der Waals surface area (Å²) in [5.41, 5.74) is 1.92. The van der Waals surface area contributed by atoms with Crippen LogP contribution in [0.4, 0.5) is 5.69 Å². The molecule has 0 unspecified atom stereocenters. The van der Waals surface area contributed by atoms with Crippen molar-refractivity contribution in [3.63, 3.8) is 0 Å². The van der Waals surface area contributed by atoms with E-state index in [1.165, 1.54) is 7.11 Å². The summed E-state index contributed by atoms with van der Waals surface area (Å²) in [6, 6.07) is 13.8. The summed E-state index contributed by atoms with van der Waals surface area (Å²) in [5.74, 6) is -0.978. The molecule has 0 atom stereocenters. The number of benzene rings is 2. The molecule has 2 aromatic rings. The summed E-state index contributed by atoms with van der Waals surface area (Å²) in [4.78, 5) is 35.4. The number of hydrogen-bond donors (Lipinski definition) is 2. The zero-order valence-corrected chi connectivity index (χ0v) is 14.6. The Bertz CT molecular complexity index is 804. The lowest BCUT2D eigenvalue weighted by atomic mass is 10.1. The van der Waals surface area contributed by atoms with Crippen LogP contribution >= 0.6 is 0 Å². The quantitative estimate of drug-likeness (QED) is 0.739. The van der Waals surface area contributed by atoms with Crippen LogP contribution < -0.4 is 15.4 Å². The zero-order chi connectivity index (χ0) is 18.9. The average molecular weight is 356 g/mol. The fourth-order valence-electron chi connectivity index (χ4n) is 2.14. The molecule has 2 N–H and O–H groups in total.